The van der Waals surface area contributed by atoms with Gasteiger partial charge in [0.1, 0.15) is 5.84 Å². The molecule has 0 aliphatic carbocycles. The number of nitrogens with zero attached hydrogens (tertiary/aromatic N) is 4. The van der Waals surface area contributed by atoms with Crippen LogP contribution >= 0.6 is 23.1 Å². The highest BCUT2D eigenvalue weighted by atomic mass is 32.2. The summed E-state index contributed by atoms with van der Waals surface area (Å²) in [7, 11) is 0. The highest BCUT2D eigenvalue weighted by molar-refractivity contribution is 8.14. The number of para-hydroxylation sites is 1. The standard InChI is InChI=1S/C25H20N4OS2/c30-25-28(16-19-10-4-1-5-11-19)23(18-32-25)26-27-24-29(21-14-8-3-9-15-21)22(17-31-24)20-12-6-2-7-13-20/h1-15,17H,16,18H2. The zero-order valence-electron chi connectivity index (χ0n) is 17.2. The van der Waals surface area contributed by atoms with Crippen LogP contribution in [0.1, 0.15) is 5.56 Å². The van der Waals surface area contributed by atoms with Crippen molar-refractivity contribution in [3.05, 3.63) is 107 Å². The number of carbonyl (C=O) groups excluding carboxylic acids is 1. The lowest BCUT2D eigenvalue weighted by Crippen LogP contribution is -2.28. The van der Waals surface area contributed by atoms with E-state index in [0.29, 0.717) is 18.1 Å². The van der Waals surface area contributed by atoms with Gasteiger partial charge in [-0.1, -0.05) is 90.6 Å². The molecule has 0 unspecified atom stereocenters. The molecule has 7 heteroatoms. The van der Waals surface area contributed by atoms with Gasteiger partial charge in [-0.15, -0.1) is 21.5 Å². The number of thiazole rings is 1. The Balaban J connectivity index is 1.56. The van der Waals surface area contributed by atoms with E-state index in [1.165, 1.54) is 23.1 Å². The fourth-order valence-electron chi connectivity index (χ4n) is 3.51. The van der Waals surface area contributed by atoms with E-state index in [0.717, 1.165) is 27.3 Å². The Kier molecular flexibility index (Phi) is 6.00. The summed E-state index contributed by atoms with van der Waals surface area (Å²) >= 11 is 2.80. The van der Waals surface area contributed by atoms with Crippen molar-refractivity contribution in [1.29, 1.82) is 0 Å². The largest absolute Gasteiger partial charge is 0.287 e. The Hall–Kier alpha value is -3.42. The van der Waals surface area contributed by atoms with Gasteiger partial charge in [-0.3, -0.25) is 14.3 Å². The van der Waals surface area contributed by atoms with Gasteiger partial charge in [0, 0.05) is 11.1 Å². The number of hydrogen-bond acceptors (Lipinski definition) is 5. The van der Waals surface area contributed by atoms with Gasteiger partial charge in [-0.05, 0) is 23.3 Å². The van der Waals surface area contributed by atoms with Crippen LogP contribution in [0.5, 0.6) is 0 Å². The Labute approximate surface area is 194 Å². The second-order valence-electron chi connectivity index (χ2n) is 7.18. The van der Waals surface area contributed by atoms with Gasteiger partial charge in [-0.2, -0.15) is 0 Å². The Morgan fingerprint density at radius 2 is 1.47 bits per heavy atom. The fourth-order valence-corrected chi connectivity index (χ4v) is 5.16. The van der Waals surface area contributed by atoms with Crippen LogP contribution in [-0.2, 0) is 6.54 Å². The van der Waals surface area contributed by atoms with Crippen molar-refractivity contribution >= 4 is 34.2 Å². The Morgan fingerprint density at radius 3 is 2.19 bits per heavy atom. The number of carbonyl (C=O) groups is 1. The summed E-state index contributed by atoms with van der Waals surface area (Å²) in [6.07, 6.45) is 0. The molecule has 32 heavy (non-hydrogen) atoms. The topological polar surface area (TPSA) is 50.0 Å². The van der Waals surface area contributed by atoms with E-state index < -0.39 is 0 Å². The molecule has 1 aliphatic rings. The van der Waals surface area contributed by atoms with Gasteiger partial charge in [0.05, 0.1) is 18.0 Å². The third-order valence-corrected chi connectivity index (χ3v) is 6.77. The maximum Gasteiger partial charge on any atom is 0.287 e. The van der Waals surface area contributed by atoms with Crippen LogP contribution in [0.25, 0.3) is 16.9 Å². The number of hydrogen-bond donors (Lipinski definition) is 0. The first kappa shape index (κ1) is 20.5. The van der Waals surface area contributed by atoms with E-state index in [2.05, 4.69) is 44.4 Å². The maximum atomic E-state index is 12.4. The van der Waals surface area contributed by atoms with Crippen LogP contribution in [-0.4, -0.2) is 26.3 Å². The molecule has 4 aromatic rings. The van der Waals surface area contributed by atoms with Crippen LogP contribution < -0.4 is 4.80 Å². The fraction of sp³-hybridized carbons (Fsp3) is 0.0800. The quantitative estimate of drug-likeness (QED) is 0.357. The van der Waals surface area contributed by atoms with Gasteiger partial charge in [0.2, 0.25) is 4.80 Å². The summed E-state index contributed by atoms with van der Waals surface area (Å²) in [5, 5.41) is 11.2. The molecule has 0 radical (unpaired) electrons. The van der Waals surface area contributed by atoms with Crippen molar-refractivity contribution in [2.24, 2.45) is 10.2 Å². The normalized spacial score (nSPS) is 15.6. The average molecular weight is 457 g/mol. The summed E-state index contributed by atoms with van der Waals surface area (Å²) in [6.45, 7) is 0.499. The van der Waals surface area contributed by atoms with Crippen molar-refractivity contribution in [3.8, 4) is 16.9 Å². The van der Waals surface area contributed by atoms with Crippen molar-refractivity contribution < 1.29 is 4.79 Å². The first-order chi connectivity index (χ1) is 15.8. The number of thioether (sulfide) groups is 1. The van der Waals surface area contributed by atoms with Crippen molar-refractivity contribution in [1.82, 2.24) is 9.47 Å². The highest BCUT2D eigenvalue weighted by Gasteiger charge is 2.28. The third-order valence-electron chi connectivity index (χ3n) is 5.08. The predicted molar refractivity (Wildman–Crippen MR) is 132 cm³/mol. The van der Waals surface area contributed by atoms with Crippen LogP contribution in [0.4, 0.5) is 4.79 Å². The molecule has 1 aliphatic heterocycles. The van der Waals surface area contributed by atoms with Crippen molar-refractivity contribution in [3.63, 3.8) is 0 Å². The summed E-state index contributed by atoms with van der Waals surface area (Å²) in [5.74, 6) is 1.20. The van der Waals surface area contributed by atoms with Crippen molar-refractivity contribution in [2.45, 2.75) is 6.54 Å². The third kappa shape index (κ3) is 4.30. The highest BCUT2D eigenvalue weighted by Crippen LogP contribution is 2.24. The van der Waals surface area contributed by atoms with Crippen LogP contribution in [0.15, 0.2) is 107 Å². The molecule has 5 nitrogen and oxygen atoms in total. The molecule has 0 spiro atoms. The summed E-state index contributed by atoms with van der Waals surface area (Å²) in [5.41, 5.74) is 4.25. The van der Waals surface area contributed by atoms with Gasteiger partial charge >= 0.3 is 0 Å². The molecule has 0 atom stereocenters. The summed E-state index contributed by atoms with van der Waals surface area (Å²) < 4.78 is 2.11. The molecule has 0 N–H and O–H groups in total. The Bertz CT molecular complexity index is 1310. The van der Waals surface area contributed by atoms with Crippen LogP contribution in [0.3, 0.4) is 0 Å². The molecule has 1 amide bonds. The minimum Gasteiger partial charge on any atom is -0.284 e. The van der Waals surface area contributed by atoms with Crippen LogP contribution in [0, 0.1) is 0 Å². The minimum atomic E-state index is 0.00916. The lowest BCUT2D eigenvalue weighted by molar-refractivity contribution is 0.244. The van der Waals surface area contributed by atoms with E-state index in [1.807, 2.05) is 66.7 Å². The number of aromatic nitrogens is 1. The lowest BCUT2D eigenvalue weighted by atomic mass is 10.1. The number of benzene rings is 3. The number of amides is 1. The van der Waals surface area contributed by atoms with Gasteiger partial charge in [0.25, 0.3) is 5.24 Å². The molecular formula is C25H20N4OS2. The van der Waals surface area contributed by atoms with Gasteiger partial charge in [-0.25, -0.2) is 0 Å². The lowest BCUT2D eigenvalue weighted by Gasteiger charge is -2.15. The second-order valence-corrected chi connectivity index (χ2v) is 8.95. The number of amidine groups is 1. The molecule has 5 rings (SSSR count). The monoisotopic (exact) mass is 456 g/mol. The molecular weight excluding hydrogens is 436 g/mol. The average Bonchev–Trinajstić information content (AvgIpc) is 3.43. The maximum absolute atomic E-state index is 12.4. The molecule has 1 saturated heterocycles. The molecule has 0 bridgehead atoms. The zero-order chi connectivity index (χ0) is 21.8. The molecule has 2 heterocycles. The summed E-state index contributed by atoms with van der Waals surface area (Å²) in [6, 6.07) is 30.3. The molecule has 3 aromatic carbocycles. The van der Waals surface area contributed by atoms with E-state index >= 15 is 0 Å². The van der Waals surface area contributed by atoms with Gasteiger partial charge < -0.3 is 0 Å². The van der Waals surface area contributed by atoms with E-state index in [9.17, 15) is 4.79 Å². The Morgan fingerprint density at radius 1 is 0.812 bits per heavy atom. The van der Waals surface area contributed by atoms with Crippen molar-refractivity contribution in [2.75, 3.05) is 5.75 Å². The van der Waals surface area contributed by atoms with E-state index in [1.54, 1.807) is 4.90 Å². The van der Waals surface area contributed by atoms with E-state index in [4.69, 9.17) is 0 Å². The predicted octanol–water partition coefficient (Wildman–Crippen LogP) is 5.79. The number of rotatable bonds is 5. The van der Waals surface area contributed by atoms with Crippen LogP contribution in [0.2, 0.25) is 0 Å². The second kappa shape index (κ2) is 9.38. The zero-order valence-corrected chi connectivity index (χ0v) is 18.8. The van der Waals surface area contributed by atoms with Gasteiger partial charge in [0.15, 0.2) is 0 Å². The minimum absolute atomic E-state index is 0.00916. The first-order valence-corrected chi connectivity index (χ1v) is 12.1. The molecule has 158 valence electrons. The molecule has 1 aromatic heterocycles. The molecule has 0 saturated carbocycles. The first-order valence-electron chi connectivity index (χ1n) is 10.2. The summed E-state index contributed by atoms with van der Waals surface area (Å²) in [4.78, 5) is 14.9. The SMILES string of the molecule is O=C1SCC(=NN=c2scc(-c3ccccc3)n2-c2ccccc2)N1Cc1ccccc1. The molecule has 1 fully saturated rings. The van der Waals surface area contributed by atoms with E-state index in [-0.39, 0.29) is 5.24 Å². The smallest absolute Gasteiger partial charge is 0.284 e.